The zero-order valence-corrected chi connectivity index (χ0v) is 22.6. The molecule has 0 aromatic heterocycles. The maximum absolute atomic E-state index is 4.73. The van der Waals surface area contributed by atoms with E-state index >= 15 is 0 Å². The van der Waals surface area contributed by atoms with E-state index in [1.807, 2.05) is 6.08 Å². The molecule has 3 fully saturated rings. The summed E-state index contributed by atoms with van der Waals surface area (Å²) in [4.78, 5) is 7.00. The summed E-state index contributed by atoms with van der Waals surface area (Å²) in [6, 6.07) is 6.95. The molecule has 1 heterocycles. The van der Waals surface area contributed by atoms with Crippen molar-refractivity contribution in [2.24, 2.45) is 16.8 Å². The van der Waals surface area contributed by atoms with Crippen LogP contribution in [-0.4, -0.2) is 22.3 Å². The van der Waals surface area contributed by atoms with Crippen molar-refractivity contribution in [3.63, 3.8) is 0 Å². The van der Waals surface area contributed by atoms with E-state index in [2.05, 4.69) is 71.4 Å². The van der Waals surface area contributed by atoms with Crippen LogP contribution in [0.25, 0.3) is 6.08 Å². The fraction of sp³-hybridized carbons (Fsp3) is 0.593. The monoisotopic (exact) mass is 549 g/mol. The number of allylic oxidation sites excluding steroid dienone is 1. The van der Waals surface area contributed by atoms with E-state index in [-0.39, 0.29) is 0 Å². The van der Waals surface area contributed by atoms with E-state index in [0.29, 0.717) is 33.1 Å². The number of aryl methyl sites for hydroxylation is 2. The summed E-state index contributed by atoms with van der Waals surface area (Å²) < 4.78 is 3.51. The Kier molecular flexibility index (Phi) is 9.38. The number of aliphatic imine (C=N–C) groups is 1. The number of alkyl halides is 1. The van der Waals surface area contributed by atoms with Gasteiger partial charge in [0.1, 0.15) is 5.84 Å². The number of amidine groups is 1. The number of hydrazine groups is 1. The van der Waals surface area contributed by atoms with Crippen LogP contribution in [0, 0.1) is 18.8 Å². The van der Waals surface area contributed by atoms with Gasteiger partial charge in [-0.2, -0.15) is 0 Å². The fourth-order valence-electron chi connectivity index (χ4n) is 4.75. The van der Waals surface area contributed by atoms with Crippen molar-refractivity contribution in [2.75, 3.05) is 4.93 Å². The molecule has 1 saturated heterocycles. The summed E-state index contributed by atoms with van der Waals surface area (Å²) in [5.41, 5.74) is 12.1. The van der Waals surface area contributed by atoms with Crippen LogP contribution < -0.4 is 35.9 Å². The molecule has 0 spiro atoms. The molecule has 4 nitrogen and oxygen atoms in total. The number of benzene rings is 1. The average Bonchev–Trinajstić information content (AvgIpc) is 3.13. The van der Waals surface area contributed by atoms with Crippen LogP contribution in [0.2, 0.25) is 0 Å². The zero-order valence-electron chi connectivity index (χ0n) is 20.4. The molecule has 2 saturated carbocycles. The van der Waals surface area contributed by atoms with Gasteiger partial charge in [-0.3, -0.25) is 0 Å². The Morgan fingerprint density at radius 2 is 2.12 bits per heavy atom. The number of hydrogen-bond acceptors (Lipinski definition) is 3. The van der Waals surface area contributed by atoms with Crippen molar-refractivity contribution in [3.05, 3.63) is 53.7 Å². The Labute approximate surface area is 206 Å². The number of nitrogens with zero attached hydrogens (tertiary/aromatic N) is 1. The van der Waals surface area contributed by atoms with Gasteiger partial charge < -0.3 is 5.43 Å². The van der Waals surface area contributed by atoms with Crippen LogP contribution in [-0.2, 0) is 6.42 Å². The minimum atomic E-state index is 0.330. The summed E-state index contributed by atoms with van der Waals surface area (Å²) in [6.45, 7) is 14.9. The van der Waals surface area contributed by atoms with E-state index < -0.39 is 0 Å². The molecule has 1 aliphatic heterocycles. The normalized spacial score (nSPS) is 27.0. The van der Waals surface area contributed by atoms with E-state index in [1.165, 1.54) is 48.8 Å². The summed E-state index contributed by atoms with van der Waals surface area (Å²) in [6.07, 6.45) is 11.6. The topological polar surface area (TPSA) is 48.5 Å². The molecule has 2 aliphatic carbocycles. The van der Waals surface area contributed by atoms with E-state index in [0.717, 1.165) is 42.6 Å². The molecular weight excluding hydrogens is 507 g/mol. The SMILES string of the molecule is C=Cc1c(C)cccc1CCC(=C)N=C1CC(C2CCC(C)C2)NN1.C[I-]NC1(C)CC1. The fourth-order valence-corrected chi connectivity index (χ4v) is 6.59. The molecule has 1 aromatic rings. The third-order valence-electron chi connectivity index (χ3n) is 7.04. The molecule has 0 radical (unpaired) electrons. The number of halogens is 1. The Balaban J connectivity index is 0.000000352. The second kappa shape index (κ2) is 11.8. The van der Waals surface area contributed by atoms with Crippen molar-refractivity contribution < 1.29 is 21.5 Å². The molecular formula is C27H42IN4-. The maximum atomic E-state index is 4.73. The summed E-state index contributed by atoms with van der Waals surface area (Å²) >= 11 is 0.330. The van der Waals surface area contributed by atoms with Crippen LogP contribution >= 0.6 is 0 Å². The molecule has 3 aliphatic rings. The second-order valence-electron chi connectivity index (χ2n) is 10.1. The zero-order chi connectivity index (χ0) is 23.1. The van der Waals surface area contributed by atoms with E-state index in [9.17, 15) is 0 Å². The first-order valence-corrected chi connectivity index (χ1v) is 15.3. The number of rotatable bonds is 8. The quantitative estimate of drug-likeness (QED) is 0.266. The predicted molar refractivity (Wildman–Crippen MR) is 134 cm³/mol. The van der Waals surface area contributed by atoms with Crippen molar-refractivity contribution in [1.82, 2.24) is 14.4 Å². The van der Waals surface area contributed by atoms with Gasteiger partial charge in [0, 0.05) is 18.2 Å². The number of hydrogen-bond donors (Lipinski definition) is 3. The van der Waals surface area contributed by atoms with Crippen molar-refractivity contribution in [1.29, 1.82) is 0 Å². The van der Waals surface area contributed by atoms with Gasteiger partial charge in [0.2, 0.25) is 0 Å². The Morgan fingerprint density at radius 1 is 1.34 bits per heavy atom. The van der Waals surface area contributed by atoms with Crippen LogP contribution in [0.4, 0.5) is 0 Å². The van der Waals surface area contributed by atoms with E-state index in [4.69, 9.17) is 4.99 Å². The number of nitrogens with one attached hydrogen (secondary N) is 3. The average molecular weight is 550 g/mol. The van der Waals surface area contributed by atoms with Gasteiger partial charge in [-0.15, -0.1) is 0 Å². The molecule has 0 amide bonds. The van der Waals surface area contributed by atoms with Gasteiger partial charge in [0.25, 0.3) is 0 Å². The van der Waals surface area contributed by atoms with Crippen molar-refractivity contribution in [3.8, 4) is 0 Å². The van der Waals surface area contributed by atoms with Gasteiger partial charge >= 0.3 is 55.2 Å². The molecule has 0 bridgehead atoms. The molecule has 32 heavy (non-hydrogen) atoms. The van der Waals surface area contributed by atoms with Crippen LogP contribution in [0.15, 0.2) is 42.0 Å². The minimum absolute atomic E-state index is 0.330. The molecule has 178 valence electrons. The summed E-state index contributed by atoms with van der Waals surface area (Å²) in [5, 5.41) is 0. The standard InChI is InChI=1S/C22H31N3.C5H11IN/c1-5-20-16(3)7-6-8-18(20)12-10-17(4)23-22-14-21(24-25-22)19-11-9-15(2)13-19;1-5(3-4-5)7-6-2/h5-8,15,19,21,24H,1,4,9-14H2,2-3H3,(H,23,25);7H,3-4H2,1-2H3/q;-1. The first-order valence-electron chi connectivity index (χ1n) is 12.1. The second-order valence-corrected chi connectivity index (χ2v) is 11.7. The van der Waals surface area contributed by atoms with Gasteiger partial charge in [-0.25, -0.2) is 10.4 Å². The molecule has 3 unspecified atom stereocenters. The molecule has 4 rings (SSSR count). The van der Waals surface area contributed by atoms with Gasteiger partial charge in [-0.05, 0) is 61.1 Å². The van der Waals surface area contributed by atoms with Crippen molar-refractivity contribution >= 4 is 11.9 Å². The van der Waals surface area contributed by atoms with Crippen LogP contribution in [0.1, 0.15) is 75.5 Å². The Morgan fingerprint density at radius 3 is 2.72 bits per heavy atom. The third kappa shape index (κ3) is 7.42. The van der Waals surface area contributed by atoms with Crippen molar-refractivity contribution in [2.45, 2.75) is 83.7 Å². The predicted octanol–water partition coefficient (Wildman–Crippen LogP) is 2.55. The third-order valence-corrected chi connectivity index (χ3v) is 8.88. The van der Waals surface area contributed by atoms with Gasteiger partial charge in [-0.1, -0.05) is 50.8 Å². The Hall–Kier alpha value is -1.18. The van der Waals surface area contributed by atoms with Crippen LogP contribution in [0.3, 0.4) is 0 Å². The molecule has 3 atom stereocenters. The first-order chi connectivity index (χ1) is 15.3. The van der Waals surface area contributed by atoms with Gasteiger partial charge in [0.15, 0.2) is 0 Å². The van der Waals surface area contributed by atoms with Gasteiger partial charge in [0.05, 0.1) is 0 Å². The summed E-state index contributed by atoms with van der Waals surface area (Å²) in [7, 11) is 0. The molecule has 5 heteroatoms. The first kappa shape index (κ1) is 25.4. The van der Waals surface area contributed by atoms with E-state index in [1.54, 1.807) is 0 Å². The van der Waals surface area contributed by atoms with Crippen LogP contribution in [0.5, 0.6) is 0 Å². The summed E-state index contributed by atoms with van der Waals surface area (Å²) in [5.74, 6) is 2.70. The molecule has 3 N–H and O–H groups in total. The molecule has 1 aromatic carbocycles. The Bertz CT molecular complexity index is 827.